The van der Waals surface area contributed by atoms with Gasteiger partial charge >= 0.3 is 0 Å². The maximum atomic E-state index is 13.4. The molecular formula is C15H15FO4S. The second-order valence-corrected chi connectivity index (χ2v) is 6.61. The number of aliphatic hydroxyl groups excluding tert-OH is 1. The molecule has 4 nitrogen and oxygen atoms in total. The van der Waals surface area contributed by atoms with E-state index in [1.165, 1.54) is 36.4 Å². The summed E-state index contributed by atoms with van der Waals surface area (Å²) in [5.41, 5.74) is 0.499. The van der Waals surface area contributed by atoms with Crippen LogP contribution in [0.5, 0.6) is 5.75 Å². The molecule has 0 aromatic heterocycles. The molecule has 0 spiro atoms. The molecule has 1 N–H and O–H groups in total. The second kappa shape index (κ2) is 6.24. The lowest BCUT2D eigenvalue weighted by Gasteiger charge is -2.13. The fourth-order valence-corrected chi connectivity index (χ4v) is 2.39. The van der Waals surface area contributed by atoms with Crippen molar-refractivity contribution in [3.63, 3.8) is 0 Å². The van der Waals surface area contributed by atoms with Crippen molar-refractivity contribution in [1.29, 1.82) is 0 Å². The van der Waals surface area contributed by atoms with Crippen molar-refractivity contribution in [3.05, 3.63) is 59.9 Å². The maximum Gasteiger partial charge on any atom is 0.175 e. The highest BCUT2D eigenvalue weighted by Gasteiger charge is 2.12. The third kappa shape index (κ3) is 4.03. The summed E-state index contributed by atoms with van der Waals surface area (Å²) in [6, 6.07) is 11.7. The zero-order chi connectivity index (χ0) is 15.5. The summed E-state index contributed by atoms with van der Waals surface area (Å²) < 4.78 is 41.2. The van der Waals surface area contributed by atoms with Gasteiger partial charge in [0.25, 0.3) is 0 Å². The predicted molar refractivity (Wildman–Crippen MR) is 76.4 cm³/mol. The molecule has 1 unspecified atom stereocenters. The summed E-state index contributed by atoms with van der Waals surface area (Å²) in [5, 5.41) is 9.97. The lowest BCUT2D eigenvalue weighted by atomic mass is 10.1. The number of benzene rings is 2. The van der Waals surface area contributed by atoms with Gasteiger partial charge in [0.15, 0.2) is 21.4 Å². The summed E-state index contributed by atoms with van der Waals surface area (Å²) in [7, 11) is -3.27. The van der Waals surface area contributed by atoms with Crippen LogP contribution in [0.15, 0.2) is 53.4 Å². The molecule has 0 bridgehead atoms. The van der Waals surface area contributed by atoms with Crippen LogP contribution in [0, 0.1) is 5.82 Å². The summed E-state index contributed by atoms with van der Waals surface area (Å²) >= 11 is 0. The monoisotopic (exact) mass is 310 g/mol. The molecule has 1 atom stereocenters. The topological polar surface area (TPSA) is 63.6 Å². The molecule has 0 aliphatic rings. The molecule has 0 heterocycles. The molecule has 0 aliphatic heterocycles. The van der Waals surface area contributed by atoms with Gasteiger partial charge in [0.1, 0.15) is 12.7 Å². The standard InChI is InChI=1S/C15H15FO4S/c1-21(18,19)12-8-6-11(7-9-12)14(17)10-20-15-5-3-2-4-13(15)16/h2-9,14,17H,10H2,1H3. The molecule has 2 aromatic carbocycles. The molecule has 0 aliphatic carbocycles. The molecule has 0 saturated heterocycles. The van der Waals surface area contributed by atoms with Crippen molar-refractivity contribution in [2.24, 2.45) is 0 Å². The van der Waals surface area contributed by atoms with Crippen molar-refractivity contribution in [2.75, 3.05) is 12.9 Å². The van der Waals surface area contributed by atoms with E-state index in [0.717, 1.165) is 6.26 Å². The Morgan fingerprint density at radius 1 is 1.14 bits per heavy atom. The van der Waals surface area contributed by atoms with Crippen molar-refractivity contribution in [2.45, 2.75) is 11.0 Å². The average Bonchev–Trinajstić information content (AvgIpc) is 2.45. The molecule has 0 radical (unpaired) electrons. The van der Waals surface area contributed by atoms with E-state index >= 15 is 0 Å². The van der Waals surface area contributed by atoms with Crippen LogP contribution < -0.4 is 4.74 Å². The summed E-state index contributed by atoms with van der Waals surface area (Å²) in [6.45, 7) is -0.126. The van der Waals surface area contributed by atoms with Gasteiger partial charge in [0.05, 0.1) is 4.90 Å². The first kappa shape index (κ1) is 15.5. The SMILES string of the molecule is CS(=O)(=O)c1ccc(C(O)COc2ccccc2F)cc1. The van der Waals surface area contributed by atoms with Gasteiger partial charge in [-0.15, -0.1) is 0 Å². The Balaban J connectivity index is 2.04. The van der Waals surface area contributed by atoms with E-state index in [1.54, 1.807) is 12.1 Å². The van der Waals surface area contributed by atoms with Gasteiger partial charge in [-0.3, -0.25) is 0 Å². The largest absolute Gasteiger partial charge is 0.487 e. The minimum absolute atomic E-state index is 0.0595. The molecule has 0 saturated carbocycles. The average molecular weight is 310 g/mol. The van der Waals surface area contributed by atoms with Gasteiger partial charge < -0.3 is 9.84 Å². The summed E-state index contributed by atoms with van der Waals surface area (Å²) in [6.07, 6.45) is 0.137. The second-order valence-electron chi connectivity index (χ2n) is 4.60. The normalized spacial score (nSPS) is 12.9. The number of para-hydroxylation sites is 1. The smallest absolute Gasteiger partial charge is 0.175 e. The number of rotatable bonds is 5. The maximum absolute atomic E-state index is 13.4. The number of sulfone groups is 1. The molecule has 0 amide bonds. The van der Waals surface area contributed by atoms with E-state index in [-0.39, 0.29) is 17.3 Å². The minimum atomic E-state index is -3.27. The van der Waals surface area contributed by atoms with E-state index in [9.17, 15) is 17.9 Å². The van der Waals surface area contributed by atoms with Crippen molar-refractivity contribution < 1.29 is 22.7 Å². The number of aliphatic hydroxyl groups is 1. The van der Waals surface area contributed by atoms with Crippen LogP contribution in [-0.4, -0.2) is 26.4 Å². The summed E-state index contributed by atoms with van der Waals surface area (Å²) in [4.78, 5) is 0.175. The summed E-state index contributed by atoms with van der Waals surface area (Å²) in [5.74, 6) is -0.443. The fraction of sp³-hybridized carbons (Fsp3) is 0.200. The van der Waals surface area contributed by atoms with Crippen LogP contribution >= 0.6 is 0 Å². The Bertz CT molecular complexity index is 711. The molecular weight excluding hydrogens is 295 g/mol. The lowest BCUT2D eigenvalue weighted by Crippen LogP contribution is -2.10. The number of halogens is 1. The minimum Gasteiger partial charge on any atom is -0.487 e. The van der Waals surface area contributed by atoms with Gasteiger partial charge in [-0.25, -0.2) is 12.8 Å². The van der Waals surface area contributed by atoms with E-state index in [4.69, 9.17) is 4.74 Å². The molecule has 2 aromatic rings. The number of hydrogen-bond donors (Lipinski definition) is 1. The zero-order valence-corrected chi connectivity index (χ0v) is 12.2. The van der Waals surface area contributed by atoms with Gasteiger partial charge in [0.2, 0.25) is 0 Å². The van der Waals surface area contributed by atoms with E-state index in [0.29, 0.717) is 5.56 Å². The Morgan fingerprint density at radius 3 is 2.33 bits per heavy atom. The van der Waals surface area contributed by atoms with Crippen molar-refractivity contribution >= 4 is 9.84 Å². The van der Waals surface area contributed by atoms with E-state index in [2.05, 4.69) is 0 Å². The van der Waals surface area contributed by atoms with Crippen LogP contribution in [0.2, 0.25) is 0 Å². The number of hydrogen-bond acceptors (Lipinski definition) is 4. The highest BCUT2D eigenvalue weighted by Crippen LogP contribution is 2.20. The highest BCUT2D eigenvalue weighted by molar-refractivity contribution is 7.90. The van der Waals surface area contributed by atoms with Crippen molar-refractivity contribution in [3.8, 4) is 5.75 Å². The predicted octanol–water partition coefficient (Wildman–Crippen LogP) is 2.34. The Morgan fingerprint density at radius 2 is 1.76 bits per heavy atom. The van der Waals surface area contributed by atoms with Gasteiger partial charge in [-0.2, -0.15) is 0 Å². The molecule has 0 fully saturated rings. The highest BCUT2D eigenvalue weighted by atomic mass is 32.2. The molecule has 2 rings (SSSR count). The Labute approximate surface area is 122 Å². The first-order chi connectivity index (χ1) is 9.88. The third-order valence-corrected chi connectivity index (χ3v) is 4.05. The van der Waals surface area contributed by atoms with Gasteiger partial charge in [-0.1, -0.05) is 24.3 Å². The van der Waals surface area contributed by atoms with E-state index < -0.39 is 21.8 Å². The Kier molecular flexibility index (Phi) is 4.59. The van der Waals surface area contributed by atoms with Crippen LogP contribution in [0.4, 0.5) is 4.39 Å². The third-order valence-electron chi connectivity index (χ3n) is 2.93. The van der Waals surface area contributed by atoms with Crippen LogP contribution in [0.1, 0.15) is 11.7 Å². The fourth-order valence-electron chi connectivity index (χ4n) is 1.76. The van der Waals surface area contributed by atoms with Gasteiger partial charge in [-0.05, 0) is 29.8 Å². The van der Waals surface area contributed by atoms with Crippen LogP contribution in [0.3, 0.4) is 0 Å². The lowest BCUT2D eigenvalue weighted by molar-refractivity contribution is 0.106. The molecule has 112 valence electrons. The quantitative estimate of drug-likeness (QED) is 0.920. The molecule has 21 heavy (non-hydrogen) atoms. The zero-order valence-electron chi connectivity index (χ0n) is 11.4. The van der Waals surface area contributed by atoms with Crippen LogP contribution in [-0.2, 0) is 9.84 Å². The van der Waals surface area contributed by atoms with Crippen molar-refractivity contribution in [1.82, 2.24) is 0 Å². The first-order valence-electron chi connectivity index (χ1n) is 6.23. The van der Waals surface area contributed by atoms with Crippen LogP contribution in [0.25, 0.3) is 0 Å². The first-order valence-corrected chi connectivity index (χ1v) is 8.12. The van der Waals surface area contributed by atoms with E-state index in [1.807, 2.05) is 0 Å². The van der Waals surface area contributed by atoms with Gasteiger partial charge in [0, 0.05) is 6.26 Å². The molecule has 6 heteroatoms. The Hall–Kier alpha value is -1.92. The number of ether oxygens (including phenoxy) is 1.